The van der Waals surface area contributed by atoms with Gasteiger partial charge < -0.3 is 14.8 Å². The van der Waals surface area contributed by atoms with Crippen molar-refractivity contribution >= 4 is 29.7 Å². The highest BCUT2D eigenvalue weighted by atomic mass is 16.6. The molecule has 1 N–H and O–H groups in total. The SMILES string of the molecule is COC(=O)COc1ccc(/C=C2\NC(=O)N(c3ccccc3)C2=O)cc1. The number of urea groups is 1. The maximum atomic E-state index is 12.5. The topological polar surface area (TPSA) is 84.9 Å². The standard InChI is InChI=1S/C19H16N2O5/c1-25-17(22)12-26-15-9-7-13(8-10-15)11-16-18(23)21(19(24)20-16)14-5-3-2-4-6-14/h2-11H,12H2,1H3,(H,20,24)/b16-11-. The Balaban J connectivity index is 1.73. The Morgan fingerprint density at radius 2 is 1.77 bits per heavy atom. The molecule has 0 bridgehead atoms. The number of esters is 1. The summed E-state index contributed by atoms with van der Waals surface area (Å²) < 4.78 is 9.75. The van der Waals surface area contributed by atoms with E-state index in [-0.39, 0.29) is 12.3 Å². The summed E-state index contributed by atoms with van der Waals surface area (Å²) in [6.45, 7) is -0.183. The van der Waals surface area contributed by atoms with E-state index in [0.29, 0.717) is 17.0 Å². The molecule has 0 aliphatic carbocycles. The third kappa shape index (κ3) is 3.72. The zero-order chi connectivity index (χ0) is 18.5. The number of hydrogen-bond acceptors (Lipinski definition) is 5. The molecule has 0 unspecified atom stereocenters. The summed E-state index contributed by atoms with van der Waals surface area (Å²) in [5.41, 5.74) is 1.39. The van der Waals surface area contributed by atoms with Crippen LogP contribution in [-0.4, -0.2) is 31.6 Å². The number of nitrogens with one attached hydrogen (secondary N) is 1. The van der Waals surface area contributed by atoms with Gasteiger partial charge in [-0.05, 0) is 35.9 Å². The monoisotopic (exact) mass is 352 g/mol. The molecule has 7 nitrogen and oxygen atoms in total. The van der Waals surface area contributed by atoms with E-state index < -0.39 is 17.9 Å². The minimum Gasteiger partial charge on any atom is -0.482 e. The molecule has 1 saturated heterocycles. The molecule has 0 aromatic heterocycles. The molecule has 2 aromatic carbocycles. The van der Waals surface area contributed by atoms with Crippen molar-refractivity contribution in [3.8, 4) is 5.75 Å². The number of benzene rings is 2. The average Bonchev–Trinajstić information content (AvgIpc) is 2.94. The van der Waals surface area contributed by atoms with Crippen molar-refractivity contribution in [3.05, 3.63) is 65.9 Å². The Morgan fingerprint density at radius 1 is 1.08 bits per heavy atom. The van der Waals surface area contributed by atoms with Crippen molar-refractivity contribution in [2.75, 3.05) is 18.6 Å². The Bertz CT molecular complexity index is 859. The number of ether oxygens (including phenoxy) is 2. The fourth-order valence-electron chi connectivity index (χ4n) is 2.37. The highest BCUT2D eigenvalue weighted by molar-refractivity contribution is 6.28. The molecule has 3 rings (SSSR count). The van der Waals surface area contributed by atoms with Crippen LogP contribution in [0.3, 0.4) is 0 Å². The minimum absolute atomic E-state index is 0.182. The maximum absolute atomic E-state index is 12.5. The smallest absolute Gasteiger partial charge is 0.343 e. The van der Waals surface area contributed by atoms with Gasteiger partial charge in [-0.1, -0.05) is 30.3 Å². The van der Waals surface area contributed by atoms with Gasteiger partial charge in [0, 0.05) is 0 Å². The number of nitrogens with zero attached hydrogens (tertiary/aromatic N) is 1. The fourth-order valence-corrected chi connectivity index (χ4v) is 2.37. The van der Waals surface area contributed by atoms with E-state index in [1.165, 1.54) is 7.11 Å². The number of hydrogen-bond donors (Lipinski definition) is 1. The molecule has 1 aliphatic rings. The summed E-state index contributed by atoms with van der Waals surface area (Å²) in [7, 11) is 1.28. The Kier molecular flexibility index (Phi) is 4.98. The minimum atomic E-state index is -0.495. The lowest BCUT2D eigenvalue weighted by atomic mass is 10.2. The van der Waals surface area contributed by atoms with Gasteiger partial charge in [0.25, 0.3) is 5.91 Å². The van der Waals surface area contributed by atoms with Crippen molar-refractivity contribution in [1.82, 2.24) is 5.32 Å². The molecular weight excluding hydrogens is 336 g/mol. The van der Waals surface area contributed by atoms with E-state index >= 15 is 0 Å². The van der Waals surface area contributed by atoms with Crippen molar-refractivity contribution in [1.29, 1.82) is 0 Å². The highest BCUT2D eigenvalue weighted by Crippen LogP contribution is 2.22. The van der Waals surface area contributed by atoms with Gasteiger partial charge in [-0.2, -0.15) is 0 Å². The normalized spacial score (nSPS) is 15.1. The van der Waals surface area contributed by atoms with E-state index in [9.17, 15) is 14.4 Å². The third-order valence-electron chi connectivity index (χ3n) is 3.67. The lowest BCUT2D eigenvalue weighted by molar-refractivity contribution is -0.142. The first-order valence-corrected chi connectivity index (χ1v) is 7.80. The lowest BCUT2D eigenvalue weighted by Gasteiger charge is -2.10. The summed E-state index contributed by atoms with van der Waals surface area (Å²) >= 11 is 0. The van der Waals surface area contributed by atoms with E-state index in [0.717, 1.165) is 4.90 Å². The van der Waals surface area contributed by atoms with Crippen molar-refractivity contribution in [2.24, 2.45) is 0 Å². The Hall–Kier alpha value is -3.61. The van der Waals surface area contributed by atoms with E-state index in [1.54, 1.807) is 54.6 Å². The van der Waals surface area contributed by atoms with Crippen LogP contribution in [0.2, 0.25) is 0 Å². The van der Waals surface area contributed by atoms with Crippen LogP contribution in [0.5, 0.6) is 5.75 Å². The molecule has 7 heteroatoms. The van der Waals surface area contributed by atoms with Crippen LogP contribution < -0.4 is 15.0 Å². The van der Waals surface area contributed by atoms with Gasteiger partial charge in [0.15, 0.2) is 6.61 Å². The largest absolute Gasteiger partial charge is 0.482 e. The lowest BCUT2D eigenvalue weighted by Crippen LogP contribution is -2.30. The predicted octanol–water partition coefficient (Wildman–Crippen LogP) is 2.34. The summed E-state index contributed by atoms with van der Waals surface area (Å²) in [5.74, 6) is -0.408. The molecule has 0 spiro atoms. The second-order valence-corrected chi connectivity index (χ2v) is 5.40. The van der Waals surface area contributed by atoms with Crippen LogP contribution in [0.25, 0.3) is 6.08 Å². The second kappa shape index (κ2) is 7.52. The van der Waals surface area contributed by atoms with Crippen LogP contribution in [0.4, 0.5) is 10.5 Å². The fraction of sp³-hybridized carbons (Fsp3) is 0.105. The van der Waals surface area contributed by atoms with Gasteiger partial charge in [-0.15, -0.1) is 0 Å². The molecule has 1 aliphatic heterocycles. The Morgan fingerprint density at radius 3 is 2.42 bits per heavy atom. The predicted molar refractivity (Wildman–Crippen MR) is 94.4 cm³/mol. The maximum Gasteiger partial charge on any atom is 0.343 e. The second-order valence-electron chi connectivity index (χ2n) is 5.40. The molecule has 26 heavy (non-hydrogen) atoms. The Labute approximate surface area is 149 Å². The summed E-state index contributed by atoms with van der Waals surface area (Å²) in [6, 6.07) is 14.9. The first-order chi connectivity index (χ1) is 12.6. The summed E-state index contributed by atoms with van der Waals surface area (Å²) in [4.78, 5) is 36.7. The molecular formula is C19H16N2O5. The van der Waals surface area contributed by atoms with Crippen molar-refractivity contribution in [3.63, 3.8) is 0 Å². The van der Waals surface area contributed by atoms with Gasteiger partial charge in [-0.25, -0.2) is 14.5 Å². The summed E-state index contributed by atoms with van der Waals surface area (Å²) in [6.07, 6.45) is 1.58. The van der Waals surface area contributed by atoms with Crippen LogP contribution in [0.15, 0.2) is 60.3 Å². The van der Waals surface area contributed by atoms with E-state index in [2.05, 4.69) is 10.1 Å². The average molecular weight is 352 g/mol. The van der Waals surface area contributed by atoms with Gasteiger partial charge in [0.2, 0.25) is 0 Å². The molecule has 132 valence electrons. The van der Waals surface area contributed by atoms with Gasteiger partial charge in [0.05, 0.1) is 12.8 Å². The number of anilines is 1. The molecule has 1 heterocycles. The molecule has 3 amide bonds. The van der Waals surface area contributed by atoms with Crippen LogP contribution >= 0.6 is 0 Å². The third-order valence-corrected chi connectivity index (χ3v) is 3.67. The van der Waals surface area contributed by atoms with E-state index in [4.69, 9.17) is 4.74 Å². The molecule has 0 atom stereocenters. The van der Waals surface area contributed by atoms with Crippen LogP contribution in [-0.2, 0) is 14.3 Å². The molecule has 2 aromatic rings. The molecule has 1 fully saturated rings. The van der Waals surface area contributed by atoms with Crippen LogP contribution in [0, 0.1) is 0 Å². The first-order valence-electron chi connectivity index (χ1n) is 7.80. The number of para-hydroxylation sites is 1. The van der Waals surface area contributed by atoms with E-state index in [1.807, 2.05) is 6.07 Å². The number of carbonyl (C=O) groups excluding carboxylic acids is 3. The zero-order valence-electron chi connectivity index (χ0n) is 14.0. The van der Waals surface area contributed by atoms with Gasteiger partial charge in [0.1, 0.15) is 11.4 Å². The summed E-state index contributed by atoms with van der Waals surface area (Å²) in [5, 5.41) is 2.57. The number of methoxy groups -OCH3 is 1. The molecule has 0 radical (unpaired) electrons. The highest BCUT2D eigenvalue weighted by Gasteiger charge is 2.34. The zero-order valence-corrected chi connectivity index (χ0v) is 14.0. The number of carbonyl (C=O) groups is 3. The number of rotatable bonds is 5. The number of imide groups is 1. The van der Waals surface area contributed by atoms with Gasteiger partial charge in [-0.3, -0.25) is 4.79 Å². The number of amides is 3. The molecule has 0 saturated carbocycles. The van der Waals surface area contributed by atoms with Gasteiger partial charge >= 0.3 is 12.0 Å². The van der Waals surface area contributed by atoms with Crippen LogP contribution in [0.1, 0.15) is 5.56 Å². The van der Waals surface area contributed by atoms with Crippen molar-refractivity contribution < 1.29 is 23.9 Å². The van der Waals surface area contributed by atoms with Crippen molar-refractivity contribution in [2.45, 2.75) is 0 Å². The quantitative estimate of drug-likeness (QED) is 0.507. The first kappa shape index (κ1) is 17.2.